The Labute approximate surface area is 104 Å². The monoisotopic (exact) mass is 282 g/mol. The van der Waals surface area contributed by atoms with Crippen LogP contribution >= 0.6 is 15.9 Å². The second-order valence-corrected chi connectivity index (χ2v) is 5.34. The minimum atomic E-state index is 0.0547. The fraction of sp³-hybridized carbons (Fsp3) is 0.500. The third kappa shape index (κ3) is 2.61. The van der Waals surface area contributed by atoms with Crippen LogP contribution < -0.4 is 0 Å². The van der Waals surface area contributed by atoms with Crippen LogP contribution in [0.15, 0.2) is 22.9 Å². The lowest BCUT2D eigenvalue weighted by Gasteiger charge is -2.16. The molecule has 0 spiro atoms. The van der Waals surface area contributed by atoms with Crippen LogP contribution in [0.4, 0.5) is 0 Å². The maximum absolute atomic E-state index is 12.0. The van der Waals surface area contributed by atoms with Gasteiger partial charge in [-0.2, -0.15) is 0 Å². The lowest BCUT2D eigenvalue weighted by molar-refractivity contribution is 0.0786. The Morgan fingerprint density at radius 1 is 1.62 bits per heavy atom. The van der Waals surface area contributed by atoms with Crippen molar-refractivity contribution >= 4 is 21.8 Å². The highest BCUT2D eigenvalue weighted by atomic mass is 79.9. The predicted molar refractivity (Wildman–Crippen MR) is 66.2 cm³/mol. The third-order valence-electron chi connectivity index (χ3n) is 3.11. The molecule has 0 aliphatic heterocycles. The molecule has 2 atom stereocenters. The number of hydrogen-bond donors (Lipinski definition) is 0. The minimum absolute atomic E-state index is 0.0547. The summed E-state index contributed by atoms with van der Waals surface area (Å²) in [6, 6.07) is 3.59. The molecule has 0 N–H and O–H groups in total. The number of nitrogens with zero attached hydrogens (tertiary/aromatic N) is 2. The summed E-state index contributed by atoms with van der Waals surface area (Å²) >= 11 is 3.25. The van der Waals surface area contributed by atoms with Crippen LogP contribution in [-0.2, 0) is 0 Å². The van der Waals surface area contributed by atoms with Crippen molar-refractivity contribution in [3.8, 4) is 0 Å². The number of pyridine rings is 1. The van der Waals surface area contributed by atoms with Crippen LogP contribution in [0.1, 0.15) is 23.7 Å². The zero-order valence-corrected chi connectivity index (χ0v) is 11.1. The standard InChI is InChI=1S/C12H15BrN2O/c1-8-5-10(8)7-15(2)12(16)9-3-4-11(13)14-6-9/h3-4,6,8,10H,5,7H2,1-2H3. The van der Waals surface area contributed by atoms with E-state index < -0.39 is 0 Å². The van der Waals surface area contributed by atoms with E-state index in [0.29, 0.717) is 11.5 Å². The fourth-order valence-electron chi connectivity index (χ4n) is 1.81. The largest absolute Gasteiger partial charge is 0.341 e. The highest BCUT2D eigenvalue weighted by molar-refractivity contribution is 9.10. The first-order valence-electron chi connectivity index (χ1n) is 5.45. The van der Waals surface area contributed by atoms with E-state index in [4.69, 9.17) is 0 Å². The van der Waals surface area contributed by atoms with E-state index in [-0.39, 0.29) is 5.91 Å². The van der Waals surface area contributed by atoms with E-state index in [1.54, 1.807) is 23.2 Å². The van der Waals surface area contributed by atoms with Gasteiger partial charge in [-0.05, 0) is 46.3 Å². The molecule has 2 unspecified atom stereocenters. The highest BCUT2D eigenvalue weighted by Crippen LogP contribution is 2.38. The molecule has 1 aromatic rings. The van der Waals surface area contributed by atoms with E-state index in [0.717, 1.165) is 17.1 Å². The summed E-state index contributed by atoms with van der Waals surface area (Å²) in [6.45, 7) is 3.08. The molecule has 1 aliphatic rings. The molecule has 1 aromatic heterocycles. The number of carbonyl (C=O) groups excluding carboxylic acids is 1. The number of halogens is 1. The van der Waals surface area contributed by atoms with Gasteiger partial charge in [-0.3, -0.25) is 4.79 Å². The van der Waals surface area contributed by atoms with Gasteiger partial charge < -0.3 is 4.90 Å². The third-order valence-corrected chi connectivity index (χ3v) is 3.57. The molecule has 0 aromatic carbocycles. The molecule has 1 saturated carbocycles. The first-order valence-corrected chi connectivity index (χ1v) is 6.24. The minimum Gasteiger partial charge on any atom is -0.341 e. The second-order valence-electron chi connectivity index (χ2n) is 4.53. The molecule has 16 heavy (non-hydrogen) atoms. The molecule has 0 saturated heterocycles. The van der Waals surface area contributed by atoms with Gasteiger partial charge in [-0.1, -0.05) is 6.92 Å². The van der Waals surface area contributed by atoms with Gasteiger partial charge in [-0.25, -0.2) is 4.98 Å². The lowest BCUT2D eigenvalue weighted by Crippen LogP contribution is -2.29. The summed E-state index contributed by atoms with van der Waals surface area (Å²) in [5, 5.41) is 0. The molecule has 1 heterocycles. The van der Waals surface area contributed by atoms with Crippen molar-refractivity contribution in [2.24, 2.45) is 11.8 Å². The number of hydrogen-bond acceptors (Lipinski definition) is 2. The van der Waals surface area contributed by atoms with Gasteiger partial charge in [0.1, 0.15) is 4.60 Å². The lowest BCUT2D eigenvalue weighted by atomic mass is 10.2. The Hall–Kier alpha value is -0.900. The van der Waals surface area contributed by atoms with Gasteiger partial charge >= 0.3 is 0 Å². The van der Waals surface area contributed by atoms with E-state index in [2.05, 4.69) is 27.8 Å². The van der Waals surface area contributed by atoms with E-state index in [1.807, 2.05) is 7.05 Å². The highest BCUT2D eigenvalue weighted by Gasteiger charge is 2.34. The molecule has 1 amide bonds. The number of amides is 1. The molecule has 86 valence electrons. The van der Waals surface area contributed by atoms with Crippen molar-refractivity contribution in [1.29, 1.82) is 0 Å². The summed E-state index contributed by atoms with van der Waals surface area (Å²) in [6.07, 6.45) is 2.86. The smallest absolute Gasteiger partial charge is 0.255 e. The van der Waals surface area contributed by atoms with Crippen LogP contribution in [0.2, 0.25) is 0 Å². The first kappa shape index (κ1) is 11.6. The van der Waals surface area contributed by atoms with Crippen LogP contribution in [0.3, 0.4) is 0 Å². The van der Waals surface area contributed by atoms with Crippen LogP contribution in [-0.4, -0.2) is 29.4 Å². The molecule has 0 bridgehead atoms. The maximum Gasteiger partial charge on any atom is 0.255 e. The second kappa shape index (κ2) is 4.53. The van der Waals surface area contributed by atoms with Crippen LogP contribution in [0.25, 0.3) is 0 Å². The average molecular weight is 283 g/mol. The SMILES string of the molecule is CC1CC1CN(C)C(=O)c1ccc(Br)nc1. The average Bonchev–Trinajstić information content (AvgIpc) is 2.94. The molecule has 1 fully saturated rings. The van der Waals surface area contributed by atoms with Crippen molar-refractivity contribution in [3.63, 3.8) is 0 Å². The summed E-state index contributed by atoms with van der Waals surface area (Å²) < 4.78 is 0.752. The van der Waals surface area contributed by atoms with Gasteiger partial charge in [0.15, 0.2) is 0 Å². The molecule has 0 radical (unpaired) electrons. The molecule has 1 aliphatic carbocycles. The zero-order valence-electron chi connectivity index (χ0n) is 9.48. The Balaban J connectivity index is 1.98. The number of carbonyl (C=O) groups is 1. The van der Waals surface area contributed by atoms with Gasteiger partial charge in [0.05, 0.1) is 5.56 Å². The summed E-state index contributed by atoms with van der Waals surface area (Å²) in [5.74, 6) is 1.52. The van der Waals surface area contributed by atoms with E-state index >= 15 is 0 Å². The Morgan fingerprint density at radius 2 is 2.31 bits per heavy atom. The normalized spacial score (nSPS) is 22.9. The van der Waals surface area contributed by atoms with Crippen molar-refractivity contribution in [1.82, 2.24) is 9.88 Å². The van der Waals surface area contributed by atoms with E-state index in [9.17, 15) is 4.79 Å². The topological polar surface area (TPSA) is 33.2 Å². The Bertz CT molecular complexity index is 391. The Morgan fingerprint density at radius 3 is 2.81 bits per heavy atom. The van der Waals surface area contributed by atoms with Crippen LogP contribution in [0.5, 0.6) is 0 Å². The van der Waals surface area contributed by atoms with Gasteiger partial charge in [0.2, 0.25) is 0 Å². The van der Waals surface area contributed by atoms with Gasteiger partial charge in [0.25, 0.3) is 5.91 Å². The predicted octanol–water partition coefficient (Wildman–Crippen LogP) is 2.57. The van der Waals surface area contributed by atoms with Crippen molar-refractivity contribution < 1.29 is 4.79 Å². The van der Waals surface area contributed by atoms with Gasteiger partial charge in [0, 0.05) is 19.8 Å². The fourth-order valence-corrected chi connectivity index (χ4v) is 2.05. The molecular formula is C12H15BrN2O. The molecule has 3 nitrogen and oxygen atoms in total. The quantitative estimate of drug-likeness (QED) is 0.799. The molecule has 4 heteroatoms. The number of aromatic nitrogens is 1. The van der Waals surface area contributed by atoms with E-state index in [1.165, 1.54) is 6.42 Å². The van der Waals surface area contributed by atoms with Crippen molar-refractivity contribution in [2.75, 3.05) is 13.6 Å². The summed E-state index contributed by atoms with van der Waals surface area (Å²) in [4.78, 5) is 17.8. The molecular weight excluding hydrogens is 268 g/mol. The van der Waals surface area contributed by atoms with Crippen molar-refractivity contribution in [3.05, 3.63) is 28.5 Å². The Kier molecular flexibility index (Phi) is 3.28. The van der Waals surface area contributed by atoms with Crippen molar-refractivity contribution in [2.45, 2.75) is 13.3 Å². The summed E-state index contributed by atoms with van der Waals surface area (Å²) in [7, 11) is 1.86. The first-order chi connectivity index (χ1) is 7.58. The van der Waals surface area contributed by atoms with Gasteiger partial charge in [-0.15, -0.1) is 0 Å². The summed E-state index contributed by atoms with van der Waals surface area (Å²) in [5.41, 5.74) is 0.652. The zero-order chi connectivity index (χ0) is 11.7. The number of rotatable bonds is 3. The molecule has 2 rings (SSSR count). The maximum atomic E-state index is 12.0. The van der Waals surface area contributed by atoms with Crippen LogP contribution in [0, 0.1) is 11.8 Å².